The molecule has 0 unspecified atom stereocenters. The van der Waals surface area contributed by atoms with E-state index in [9.17, 15) is 14.4 Å². The zero-order valence-electron chi connectivity index (χ0n) is 14.3. The molecule has 0 spiro atoms. The number of rotatable bonds is 7. The van der Waals surface area contributed by atoms with Gasteiger partial charge in [0.1, 0.15) is 10.6 Å². The van der Waals surface area contributed by atoms with Gasteiger partial charge in [-0.3, -0.25) is 4.79 Å². The number of hydrogen-bond acceptors (Lipinski definition) is 6. The first-order valence-electron chi connectivity index (χ1n) is 7.82. The van der Waals surface area contributed by atoms with Gasteiger partial charge in [0.25, 0.3) is 0 Å². The van der Waals surface area contributed by atoms with Gasteiger partial charge in [-0.2, -0.15) is 4.98 Å². The molecule has 7 nitrogen and oxygen atoms in total. The van der Waals surface area contributed by atoms with Crippen LogP contribution in [0, 0.1) is 6.92 Å². The highest BCUT2D eigenvalue weighted by molar-refractivity contribution is 8.00. The van der Waals surface area contributed by atoms with Crippen LogP contribution in [0.5, 0.6) is 0 Å². The lowest BCUT2D eigenvalue weighted by Gasteiger charge is -2.10. The van der Waals surface area contributed by atoms with Crippen LogP contribution in [0.2, 0.25) is 5.02 Å². The largest absolute Gasteiger partial charge is 0.462 e. The van der Waals surface area contributed by atoms with Gasteiger partial charge in [-0.25, -0.2) is 9.59 Å². The minimum absolute atomic E-state index is 0.00981. The van der Waals surface area contributed by atoms with E-state index in [0.29, 0.717) is 17.3 Å². The number of aromatic nitrogens is 2. The van der Waals surface area contributed by atoms with Gasteiger partial charge in [0.2, 0.25) is 5.91 Å². The van der Waals surface area contributed by atoms with Crippen LogP contribution in [0.3, 0.4) is 0 Å². The minimum Gasteiger partial charge on any atom is -0.462 e. The monoisotopic (exact) mass is 395 g/mol. The lowest BCUT2D eigenvalue weighted by molar-refractivity contribution is -0.118. The summed E-state index contributed by atoms with van der Waals surface area (Å²) in [5.41, 5.74) is 0.846. The maximum atomic E-state index is 12.1. The fourth-order valence-electron chi connectivity index (χ4n) is 2.10. The fourth-order valence-corrected chi connectivity index (χ4v) is 3.12. The van der Waals surface area contributed by atoms with E-state index in [4.69, 9.17) is 16.3 Å². The van der Waals surface area contributed by atoms with E-state index in [1.165, 1.54) is 0 Å². The maximum Gasteiger partial charge on any atom is 0.346 e. The molecule has 0 aliphatic carbocycles. The number of amides is 1. The fraction of sp³-hybridized carbons (Fsp3) is 0.294. The van der Waals surface area contributed by atoms with Crippen LogP contribution in [-0.2, 0) is 16.1 Å². The van der Waals surface area contributed by atoms with Crippen LogP contribution < -0.4 is 11.0 Å². The first kappa shape index (κ1) is 20.0. The molecular weight excluding hydrogens is 378 g/mol. The second-order valence-corrected chi connectivity index (χ2v) is 6.66. The first-order chi connectivity index (χ1) is 12.4. The summed E-state index contributed by atoms with van der Waals surface area (Å²) < 4.78 is 4.99. The average Bonchev–Trinajstić information content (AvgIpc) is 2.59. The number of nitrogens with zero attached hydrogens (tertiary/aromatic N) is 1. The molecule has 0 aliphatic heterocycles. The van der Waals surface area contributed by atoms with Crippen molar-refractivity contribution in [2.45, 2.75) is 25.4 Å². The molecular formula is C17H18ClN3O4S. The van der Waals surface area contributed by atoms with Crippen LogP contribution >= 0.6 is 23.4 Å². The smallest absolute Gasteiger partial charge is 0.346 e. The summed E-state index contributed by atoms with van der Waals surface area (Å²) in [5, 5.41) is 3.55. The molecule has 0 aliphatic rings. The summed E-state index contributed by atoms with van der Waals surface area (Å²) in [4.78, 5) is 42.0. The molecule has 1 aromatic carbocycles. The minimum atomic E-state index is -0.585. The molecule has 0 saturated carbocycles. The number of halogens is 1. The van der Waals surface area contributed by atoms with E-state index in [-0.39, 0.29) is 28.9 Å². The molecule has 0 fully saturated rings. The quantitative estimate of drug-likeness (QED) is 0.424. The van der Waals surface area contributed by atoms with Crippen molar-refractivity contribution in [3.63, 3.8) is 0 Å². The van der Waals surface area contributed by atoms with Gasteiger partial charge < -0.3 is 15.0 Å². The molecule has 26 heavy (non-hydrogen) atoms. The molecule has 0 bridgehead atoms. The molecule has 0 radical (unpaired) electrons. The summed E-state index contributed by atoms with van der Waals surface area (Å²) in [6, 6.07) is 7.12. The van der Waals surface area contributed by atoms with Crippen LogP contribution in [-0.4, -0.2) is 34.2 Å². The van der Waals surface area contributed by atoms with Gasteiger partial charge in [0.05, 0.1) is 12.4 Å². The number of carbonyl (C=O) groups excluding carboxylic acids is 2. The molecule has 1 aromatic heterocycles. The number of aromatic amines is 1. The molecule has 9 heteroatoms. The number of hydrogen-bond donors (Lipinski definition) is 2. The van der Waals surface area contributed by atoms with E-state index in [1.807, 2.05) is 12.1 Å². The zero-order valence-corrected chi connectivity index (χ0v) is 15.9. The Morgan fingerprint density at radius 1 is 1.31 bits per heavy atom. The third-order valence-corrected chi connectivity index (χ3v) is 4.54. The number of nitrogens with one attached hydrogen (secondary N) is 2. The summed E-state index contributed by atoms with van der Waals surface area (Å²) in [6.07, 6.45) is 0. The summed E-state index contributed by atoms with van der Waals surface area (Å²) >= 11 is 6.83. The van der Waals surface area contributed by atoms with E-state index < -0.39 is 11.7 Å². The van der Waals surface area contributed by atoms with E-state index in [1.54, 1.807) is 26.0 Å². The lowest BCUT2D eigenvalue weighted by atomic mass is 10.2. The molecule has 1 heterocycles. The molecule has 0 saturated heterocycles. The maximum absolute atomic E-state index is 12.1. The van der Waals surface area contributed by atoms with Crippen LogP contribution in [0.4, 0.5) is 0 Å². The lowest BCUT2D eigenvalue weighted by Crippen LogP contribution is -2.25. The molecule has 2 N–H and O–H groups in total. The van der Waals surface area contributed by atoms with Gasteiger partial charge in [-0.05, 0) is 31.5 Å². The Kier molecular flexibility index (Phi) is 7.23. The summed E-state index contributed by atoms with van der Waals surface area (Å²) in [5.74, 6) is -0.826. The number of aryl methyl sites for hydroxylation is 1. The van der Waals surface area contributed by atoms with Crippen LogP contribution in [0.1, 0.15) is 28.5 Å². The highest BCUT2D eigenvalue weighted by Gasteiger charge is 2.19. The van der Waals surface area contributed by atoms with Crippen LogP contribution in [0.15, 0.2) is 34.1 Å². The number of benzene rings is 1. The van der Waals surface area contributed by atoms with E-state index in [2.05, 4.69) is 15.3 Å². The zero-order chi connectivity index (χ0) is 19.1. The molecule has 2 rings (SSSR count). The van der Waals surface area contributed by atoms with Gasteiger partial charge >= 0.3 is 11.7 Å². The van der Waals surface area contributed by atoms with Crippen molar-refractivity contribution >= 4 is 35.2 Å². The van der Waals surface area contributed by atoms with Crippen molar-refractivity contribution in [3.05, 3.63) is 56.6 Å². The predicted molar refractivity (Wildman–Crippen MR) is 99.6 cm³/mol. The van der Waals surface area contributed by atoms with Gasteiger partial charge in [-0.15, -0.1) is 0 Å². The number of H-pyrrole nitrogens is 1. The molecule has 138 valence electrons. The summed E-state index contributed by atoms with van der Waals surface area (Å²) in [6.45, 7) is 3.82. The molecule has 2 aromatic rings. The number of thioether (sulfide) groups is 1. The SMILES string of the molecule is CCOC(=O)c1c(SCC(=O)NCc2ccc(Cl)cc2)nc(=O)[nH]c1C. The number of carbonyl (C=O) groups is 2. The Morgan fingerprint density at radius 3 is 2.65 bits per heavy atom. The highest BCUT2D eigenvalue weighted by atomic mass is 35.5. The Bertz CT molecular complexity index is 852. The van der Waals surface area contributed by atoms with Crippen molar-refractivity contribution in [2.75, 3.05) is 12.4 Å². The molecule has 1 amide bonds. The van der Waals surface area contributed by atoms with E-state index in [0.717, 1.165) is 17.3 Å². The van der Waals surface area contributed by atoms with Crippen molar-refractivity contribution in [1.29, 1.82) is 0 Å². The normalized spacial score (nSPS) is 10.4. The van der Waals surface area contributed by atoms with Crippen LogP contribution in [0.25, 0.3) is 0 Å². The second kappa shape index (κ2) is 9.40. The van der Waals surface area contributed by atoms with Crippen molar-refractivity contribution in [1.82, 2.24) is 15.3 Å². The third kappa shape index (κ3) is 5.60. The summed E-state index contributed by atoms with van der Waals surface area (Å²) in [7, 11) is 0. The Labute approximate surface area is 159 Å². The average molecular weight is 396 g/mol. The third-order valence-electron chi connectivity index (χ3n) is 3.31. The Morgan fingerprint density at radius 2 is 2.00 bits per heavy atom. The molecule has 0 atom stereocenters. The van der Waals surface area contributed by atoms with Gasteiger partial charge in [0, 0.05) is 17.3 Å². The van der Waals surface area contributed by atoms with Crippen molar-refractivity contribution < 1.29 is 14.3 Å². The highest BCUT2D eigenvalue weighted by Crippen LogP contribution is 2.21. The number of esters is 1. The van der Waals surface area contributed by atoms with E-state index >= 15 is 0 Å². The van der Waals surface area contributed by atoms with Gasteiger partial charge in [0.15, 0.2) is 0 Å². The van der Waals surface area contributed by atoms with Crippen molar-refractivity contribution in [3.8, 4) is 0 Å². The Hall–Kier alpha value is -2.32. The Balaban J connectivity index is 2.01. The predicted octanol–water partition coefficient (Wildman–Crippen LogP) is 2.32. The first-order valence-corrected chi connectivity index (χ1v) is 9.19. The van der Waals surface area contributed by atoms with Gasteiger partial charge in [-0.1, -0.05) is 35.5 Å². The standard InChI is InChI=1S/C17H18ClN3O4S/c1-3-25-16(23)14-10(2)20-17(24)21-15(14)26-9-13(22)19-8-11-4-6-12(18)7-5-11/h4-7H,3,8-9H2,1-2H3,(H,19,22)(H,20,21,24). The topological polar surface area (TPSA) is 101 Å². The second-order valence-electron chi connectivity index (χ2n) is 5.26. The number of ether oxygens (including phenoxy) is 1. The van der Waals surface area contributed by atoms with Crippen molar-refractivity contribution in [2.24, 2.45) is 0 Å².